The van der Waals surface area contributed by atoms with Crippen LogP contribution in [-0.2, 0) is 7.05 Å². The molecule has 2 aromatic rings. The summed E-state index contributed by atoms with van der Waals surface area (Å²) in [5.41, 5.74) is 2.67. The predicted molar refractivity (Wildman–Crippen MR) is 88.7 cm³/mol. The number of nitriles is 1. The molecule has 1 N–H and O–H groups in total. The highest BCUT2D eigenvalue weighted by molar-refractivity contribution is 5.42. The van der Waals surface area contributed by atoms with E-state index in [0.717, 1.165) is 18.8 Å². The van der Waals surface area contributed by atoms with E-state index >= 15 is 0 Å². The Kier molecular flexibility index (Phi) is 4.58. The maximum absolute atomic E-state index is 8.81. The first-order chi connectivity index (χ1) is 11.2. The van der Waals surface area contributed by atoms with E-state index in [2.05, 4.69) is 33.4 Å². The van der Waals surface area contributed by atoms with Crippen molar-refractivity contribution in [1.29, 1.82) is 5.26 Å². The Morgan fingerprint density at radius 1 is 1.35 bits per heavy atom. The van der Waals surface area contributed by atoms with Crippen LogP contribution in [-0.4, -0.2) is 39.8 Å². The van der Waals surface area contributed by atoms with Crippen LogP contribution < -0.4 is 5.32 Å². The van der Waals surface area contributed by atoms with Gasteiger partial charge in [-0.3, -0.25) is 9.58 Å². The Bertz CT molecular complexity index is 684. The van der Waals surface area contributed by atoms with Gasteiger partial charge < -0.3 is 5.32 Å². The molecule has 23 heavy (non-hydrogen) atoms. The van der Waals surface area contributed by atoms with Crippen molar-refractivity contribution in [2.75, 3.05) is 25.5 Å². The lowest BCUT2D eigenvalue weighted by Gasteiger charge is -2.39. The zero-order valence-corrected chi connectivity index (χ0v) is 13.6. The van der Waals surface area contributed by atoms with Crippen LogP contribution in [0.25, 0.3) is 0 Å². The fourth-order valence-electron chi connectivity index (χ4n) is 3.43. The second-order valence-electron chi connectivity index (χ2n) is 6.13. The summed E-state index contributed by atoms with van der Waals surface area (Å²) in [6.45, 7) is 2.00. The summed E-state index contributed by atoms with van der Waals surface area (Å²) in [5, 5.41) is 16.6. The number of aryl methyl sites for hydroxylation is 1. The minimum atomic E-state index is 0.370. The van der Waals surface area contributed by atoms with Crippen LogP contribution in [0.15, 0.2) is 30.6 Å². The summed E-state index contributed by atoms with van der Waals surface area (Å²) < 4.78 is 1.97. The largest absolute Gasteiger partial charge is 0.383 e. The lowest BCUT2D eigenvalue weighted by atomic mass is 9.87. The molecule has 0 spiro atoms. The maximum Gasteiger partial charge on any atom is 0.140 e. The number of hydrogen-bond donors (Lipinski definition) is 1. The van der Waals surface area contributed by atoms with Gasteiger partial charge in [0.1, 0.15) is 11.8 Å². The van der Waals surface area contributed by atoms with Crippen LogP contribution in [0.5, 0.6) is 0 Å². The second-order valence-corrected chi connectivity index (χ2v) is 6.13. The first-order valence-electron chi connectivity index (χ1n) is 7.97. The number of aromatic nitrogens is 3. The van der Waals surface area contributed by atoms with Crippen LogP contribution in [0.2, 0.25) is 0 Å². The number of hydrogen-bond acceptors (Lipinski definition) is 5. The predicted octanol–water partition coefficient (Wildman–Crippen LogP) is 2.18. The Hall–Kier alpha value is -2.39. The summed E-state index contributed by atoms with van der Waals surface area (Å²) in [4.78, 5) is 6.53. The molecule has 3 heterocycles. The summed E-state index contributed by atoms with van der Waals surface area (Å²) in [7, 11) is 4.19. The van der Waals surface area contributed by atoms with Crippen molar-refractivity contribution in [3.63, 3.8) is 0 Å². The van der Waals surface area contributed by atoms with Gasteiger partial charge in [0.15, 0.2) is 0 Å². The van der Waals surface area contributed by atoms with Gasteiger partial charge in [-0.05, 0) is 50.6 Å². The monoisotopic (exact) mass is 310 g/mol. The molecule has 0 aliphatic carbocycles. The first kappa shape index (κ1) is 15.5. The van der Waals surface area contributed by atoms with Gasteiger partial charge in [0, 0.05) is 19.8 Å². The first-order valence-corrected chi connectivity index (χ1v) is 7.97. The van der Waals surface area contributed by atoms with Crippen LogP contribution in [0.1, 0.15) is 30.3 Å². The van der Waals surface area contributed by atoms with Crippen LogP contribution >= 0.6 is 0 Å². The minimum absolute atomic E-state index is 0.370. The Morgan fingerprint density at radius 2 is 2.22 bits per heavy atom. The van der Waals surface area contributed by atoms with Crippen molar-refractivity contribution in [3.05, 3.63) is 42.0 Å². The second kappa shape index (κ2) is 6.80. The van der Waals surface area contributed by atoms with Gasteiger partial charge in [-0.2, -0.15) is 10.4 Å². The fourth-order valence-corrected chi connectivity index (χ4v) is 3.43. The molecule has 1 saturated heterocycles. The average Bonchev–Trinajstić information content (AvgIpc) is 2.99. The third-order valence-corrected chi connectivity index (χ3v) is 4.62. The third-order valence-electron chi connectivity index (χ3n) is 4.62. The number of rotatable bonds is 4. The molecule has 0 bridgehead atoms. The van der Waals surface area contributed by atoms with Gasteiger partial charge in [0.2, 0.25) is 0 Å². The number of piperidine rings is 1. The molecule has 0 amide bonds. The van der Waals surface area contributed by atoms with Crippen molar-refractivity contribution in [2.24, 2.45) is 13.0 Å². The van der Waals surface area contributed by atoms with E-state index in [1.807, 2.05) is 30.1 Å². The highest BCUT2D eigenvalue weighted by atomic mass is 15.3. The molecular weight excluding hydrogens is 288 g/mol. The van der Waals surface area contributed by atoms with E-state index in [9.17, 15) is 0 Å². The SMILES string of the molecule is CN1CCC[C@@H](CNc2ccc(C#N)nc2)[C@@H]1c1ccnn1C. The summed E-state index contributed by atoms with van der Waals surface area (Å²) in [5.74, 6) is 0.514. The van der Waals surface area contributed by atoms with E-state index < -0.39 is 0 Å². The molecule has 0 aromatic carbocycles. The van der Waals surface area contributed by atoms with E-state index in [4.69, 9.17) is 5.26 Å². The number of likely N-dealkylation sites (tertiary alicyclic amines) is 1. The van der Waals surface area contributed by atoms with Crippen LogP contribution in [0.4, 0.5) is 5.69 Å². The Balaban J connectivity index is 1.71. The molecule has 6 heteroatoms. The molecule has 0 unspecified atom stereocenters. The molecule has 1 aliphatic rings. The van der Waals surface area contributed by atoms with Gasteiger partial charge in [-0.1, -0.05) is 0 Å². The molecule has 120 valence electrons. The fraction of sp³-hybridized carbons (Fsp3) is 0.471. The standard InChI is InChI=1S/C17H22N6/c1-22-9-3-4-13(17(22)16-7-8-21-23(16)2)11-19-15-6-5-14(10-18)20-12-15/h5-8,12-13,17,19H,3-4,9,11H2,1-2H3/t13-,17+/m0/s1. The quantitative estimate of drug-likeness (QED) is 0.937. The van der Waals surface area contributed by atoms with Crippen molar-refractivity contribution in [3.8, 4) is 6.07 Å². The Morgan fingerprint density at radius 3 is 2.87 bits per heavy atom. The molecule has 1 aliphatic heterocycles. The number of anilines is 1. The van der Waals surface area contributed by atoms with Crippen molar-refractivity contribution in [2.45, 2.75) is 18.9 Å². The maximum atomic E-state index is 8.81. The van der Waals surface area contributed by atoms with Crippen molar-refractivity contribution < 1.29 is 0 Å². The minimum Gasteiger partial charge on any atom is -0.383 e. The van der Waals surface area contributed by atoms with Gasteiger partial charge in [0.25, 0.3) is 0 Å². The third kappa shape index (κ3) is 3.35. The van der Waals surface area contributed by atoms with E-state index in [1.54, 1.807) is 12.3 Å². The number of nitrogens with one attached hydrogen (secondary N) is 1. The molecule has 6 nitrogen and oxygen atoms in total. The van der Waals surface area contributed by atoms with Gasteiger partial charge in [-0.25, -0.2) is 4.98 Å². The molecule has 0 radical (unpaired) electrons. The molecule has 2 atom stereocenters. The Labute approximate surface area is 136 Å². The molecular formula is C17H22N6. The molecule has 2 aromatic heterocycles. The lowest BCUT2D eigenvalue weighted by molar-refractivity contribution is 0.121. The number of pyridine rings is 1. The molecule has 3 rings (SSSR count). The highest BCUT2D eigenvalue weighted by Crippen LogP contribution is 2.34. The lowest BCUT2D eigenvalue weighted by Crippen LogP contribution is -2.39. The van der Waals surface area contributed by atoms with E-state index in [1.165, 1.54) is 18.5 Å². The zero-order chi connectivity index (χ0) is 16.2. The number of nitrogens with zero attached hydrogens (tertiary/aromatic N) is 5. The van der Waals surface area contributed by atoms with E-state index in [0.29, 0.717) is 17.7 Å². The summed E-state index contributed by atoms with van der Waals surface area (Å²) in [6, 6.07) is 8.18. The average molecular weight is 310 g/mol. The van der Waals surface area contributed by atoms with E-state index in [-0.39, 0.29) is 0 Å². The van der Waals surface area contributed by atoms with Crippen LogP contribution in [0, 0.1) is 17.2 Å². The van der Waals surface area contributed by atoms with Gasteiger partial charge in [0.05, 0.1) is 23.6 Å². The summed E-state index contributed by atoms with van der Waals surface area (Å²) in [6.07, 6.45) is 6.00. The van der Waals surface area contributed by atoms with Gasteiger partial charge >= 0.3 is 0 Å². The molecule has 0 saturated carbocycles. The zero-order valence-electron chi connectivity index (χ0n) is 13.6. The smallest absolute Gasteiger partial charge is 0.140 e. The van der Waals surface area contributed by atoms with Crippen molar-refractivity contribution in [1.82, 2.24) is 19.7 Å². The van der Waals surface area contributed by atoms with Crippen LogP contribution in [0.3, 0.4) is 0 Å². The highest BCUT2D eigenvalue weighted by Gasteiger charge is 2.32. The topological polar surface area (TPSA) is 69.8 Å². The normalized spacial score (nSPS) is 21.8. The van der Waals surface area contributed by atoms with Crippen molar-refractivity contribution >= 4 is 5.69 Å². The van der Waals surface area contributed by atoms with Gasteiger partial charge in [-0.15, -0.1) is 0 Å². The molecule has 1 fully saturated rings. The summed E-state index contributed by atoms with van der Waals surface area (Å²) >= 11 is 0.